The highest BCUT2D eigenvalue weighted by molar-refractivity contribution is 6.00. The number of hydrogen-bond donors (Lipinski definition) is 0. The Balaban J connectivity index is 1.08. The zero-order valence-corrected chi connectivity index (χ0v) is 24.6. The molecule has 5 aromatic carbocycles. The molecule has 0 radical (unpaired) electrons. The molecule has 44 heavy (non-hydrogen) atoms. The van der Waals surface area contributed by atoms with Crippen LogP contribution < -0.4 is 19.6 Å². The standard InChI is InChI=1S/C36H30N4O4/c1-43-35(41)23-3-7-25-21(13-23)5-9-31-27(25)15-37-19-39(31)17-29-30-18-40-20-38(34(30)12-11-33(29)37)16-28-26-8-4-24(36(42)44-2)14-22(26)6-10-32(28)40/h3-14H,15-20H2,1-2H3. The molecule has 0 unspecified atom stereocenters. The number of ether oxygens (including phenoxy) is 2. The highest BCUT2D eigenvalue weighted by Gasteiger charge is 2.37. The van der Waals surface area contributed by atoms with E-state index in [1.165, 1.54) is 70.0 Å². The zero-order valence-electron chi connectivity index (χ0n) is 24.6. The SMILES string of the molecule is COC(=O)c1ccc2c3c(ccc2c1)N1Cc2c(ccc4c2CN2CN4Cc4c2ccc2cc(C(=O)OC)ccc42)N(C3)C1. The highest BCUT2D eigenvalue weighted by Crippen LogP contribution is 2.47. The smallest absolute Gasteiger partial charge is 0.337 e. The van der Waals surface area contributed by atoms with E-state index in [-0.39, 0.29) is 11.9 Å². The third-order valence-electron chi connectivity index (χ3n) is 9.88. The van der Waals surface area contributed by atoms with Gasteiger partial charge in [-0.2, -0.15) is 0 Å². The number of rotatable bonds is 2. The molecule has 4 heterocycles. The molecule has 0 spiro atoms. The van der Waals surface area contributed by atoms with Crippen molar-refractivity contribution in [3.05, 3.63) is 106 Å². The van der Waals surface area contributed by atoms with Crippen molar-refractivity contribution in [2.75, 3.05) is 47.2 Å². The number of anilines is 4. The number of carbonyl (C=O) groups excluding carboxylic acids is 2. The minimum Gasteiger partial charge on any atom is -0.465 e. The Labute approximate surface area is 254 Å². The third-order valence-corrected chi connectivity index (χ3v) is 9.88. The summed E-state index contributed by atoms with van der Waals surface area (Å²) >= 11 is 0. The zero-order chi connectivity index (χ0) is 29.7. The van der Waals surface area contributed by atoms with Crippen molar-refractivity contribution in [3.63, 3.8) is 0 Å². The van der Waals surface area contributed by atoms with Gasteiger partial charge < -0.3 is 29.1 Å². The highest BCUT2D eigenvalue weighted by atomic mass is 16.5. The maximum atomic E-state index is 12.1. The number of esters is 2. The van der Waals surface area contributed by atoms with Crippen molar-refractivity contribution < 1.29 is 19.1 Å². The van der Waals surface area contributed by atoms with E-state index in [1.807, 2.05) is 24.3 Å². The maximum absolute atomic E-state index is 12.1. The Morgan fingerprint density at radius 2 is 0.864 bits per heavy atom. The fourth-order valence-electron chi connectivity index (χ4n) is 7.81. The number of hydrogen-bond acceptors (Lipinski definition) is 8. The third kappa shape index (κ3) is 3.51. The van der Waals surface area contributed by atoms with E-state index in [9.17, 15) is 9.59 Å². The van der Waals surface area contributed by atoms with E-state index in [1.54, 1.807) is 0 Å². The fraction of sp³-hybridized carbons (Fsp3) is 0.222. The number of benzene rings is 5. The van der Waals surface area contributed by atoms with Crippen molar-refractivity contribution in [2.45, 2.75) is 26.2 Å². The van der Waals surface area contributed by atoms with Gasteiger partial charge in [-0.1, -0.05) is 24.3 Å². The lowest BCUT2D eigenvalue weighted by Crippen LogP contribution is -2.49. The molecule has 0 amide bonds. The lowest BCUT2D eigenvalue weighted by molar-refractivity contribution is 0.0592. The molecule has 0 N–H and O–H groups in total. The molecule has 8 nitrogen and oxygen atoms in total. The van der Waals surface area contributed by atoms with Crippen LogP contribution in [0.4, 0.5) is 22.7 Å². The molecule has 0 fully saturated rings. The second-order valence-corrected chi connectivity index (χ2v) is 12.1. The Morgan fingerprint density at radius 3 is 1.27 bits per heavy atom. The van der Waals surface area contributed by atoms with Crippen LogP contribution in [0.25, 0.3) is 21.5 Å². The summed E-state index contributed by atoms with van der Waals surface area (Å²) in [5.74, 6) is -0.625. The van der Waals surface area contributed by atoms with Crippen molar-refractivity contribution in [3.8, 4) is 0 Å². The summed E-state index contributed by atoms with van der Waals surface area (Å²) in [5.41, 5.74) is 11.7. The van der Waals surface area contributed by atoms with Gasteiger partial charge in [0.2, 0.25) is 0 Å². The van der Waals surface area contributed by atoms with Gasteiger partial charge in [0, 0.05) is 71.2 Å². The van der Waals surface area contributed by atoms with Gasteiger partial charge in [0.05, 0.1) is 38.7 Å². The lowest BCUT2D eigenvalue weighted by atomic mass is 9.91. The summed E-state index contributed by atoms with van der Waals surface area (Å²) in [6, 6.07) is 25.0. The molecular weight excluding hydrogens is 552 g/mol. The minimum absolute atomic E-state index is 0.313. The molecule has 5 aromatic rings. The lowest BCUT2D eigenvalue weighted by Gasteiger charge is -2.49. The summed E-state index contributed by atoms with van der Waals surface area (Å²) in [6.07, 6.45) is 0. The first-order chi connectivity index (χ1) is 21.5. The normalized spacial score (nSPS) is 15.9. The first kappa shape index (κ1) is 25.3. The molecule has 0 saturated carbocycles. The first-order valence-corrected chi connectivity index (χ1v) is 14.9. The Morgan fingerprint density at radius 1 is 0.500 bits per heavy atom. The van der Waals surface area contributed by atoms with Gasteiger partial charge in [-0.15, -0.1) is 0 Å². The van der Waals surface area contributed by atoms with Crippen molar-refractivity contribution >= 4 is 56.2 Å². The summed E-state index contributed by atoms with van der Waals surface area (Å²) in [6.45, 7) is 5.08. The van der Waals surface area contributed by atoms with Gasteiger partial charge in [-0.3, -0.25) is 0 Å². The molecule has 0 saturated heterocycles. The second kappa shape index (κ2) is 9.13. The van der Waals surface area contributed by atoms with Crippen LogP contribution in [0.15, 0.2) is 72.8 Å². The molecule has 9 rings (SSSR count). The van der Waals surface area contributed by atoms with Crippen LogP contribution in [-0.2, 0) is 35.7 Å². The van der Waals surface area contributed by atoms with E-state index < -0.39 is 0 Å². The average molecular weight is 583 g/mol. The maximum Gasteiger partial charge on any atom is 0.337 e. The van der Waals surface area contributed by atoms with Crippen LogP contribution in [0.1, 0.15) is 43.0 Å². The quantitative estimate of drug-likeness (QED) is 0.229. The van der Waals surface area contributed by atoms with Crippen molar-refractivity contribution in [2.24, 2.45) is 0 Å². The van der Waals surface area contributed by atoms with Gasteiger partial charge in [0.1, 0.15) is 0 Å². The number of fused-ring (bicyclic) bond motifs is 17. The molecule has 218 valence electrons. The molecule has 4 aliphatic heterocycles. The van der Waals surface area contributed by atoms with Crippen molar-refractivity contribution in [1.29, 1.82) is 0 Å². The Kier molecular flexibility index (Phi) is 5.24. The Hall–Kier alpha value is -5.24. The van der Waals surface area contributed by atoms with Crippen molar-refractivity contribution in [1.82, 2.24) is 0 Å². The Bertz CT molecular complexity index is 1940. The van der Waals surface area contributed by atoms with E-state index in [0.29, 0.717) is 11.1 Å². The number of carbonyl (C=O) groups is 2. The minimum atomic E-state index is -0.313. The molecule has 0 atom stereocenters. The molecule has 4 aliphatic rings. The van der Waals surface area contributed by atoms with Gasteiger partial charge in [0.25, 0.3) is 0 Å². The second-order valence-electron chi connectivity index (χ2n) is 12.1. The number of nitrogens with zero attached hydrogens (tertiary/aromatic N) is 4. The molecule has 4 bridgehead atoms. The molecule has 0 aromatic heterocycles. The topological polar surface area (TPSA) is 65.6 Å². The van der Waals surface area contributed by atoms with Gasteiger partial charge in [-0.25, -0.2) is 9.59 Å². The fourth-order valence-corrected chi connectivity index (χ4v) is 7.81. The van der Waals surface area contributed by atoms with Gasteiger partial charge in [-0.05, 0) is 70.1 Å². The predicted molar refractivity (Wildman–Crippen MR) is 171 cm³/mol. The summed E-state index contributed by atoms with van der Waals surface area (Å²) < 4.78 is 9.89. The van der Waals surface area contributed by atoms with Crippen LogP contribution in [-0.4, -0.2) is 39.5 Å². The van der Waals surface area contributed by atoms with E-state index in [2.05, 4.69) is 68.1 Å². The molecule has 8 heteroatoms. The van der Waals surface area contributed by atoms with Gasteiger partial charge >= 0.3 is 11.9 Å². The summed E-state index contributed by atoms with van der Waals surface area (Å²) in [7, 11) is 2.84. The first-order valence-electron chi connectivity index (χ1n) is 14.9. The summed E-state index contributed by atoms with van der Waals surface area (Å²) in [4.78, 5) is 34.2. The van der Waals surface area contributed by atoms with Crippen LogP contribution in [0, 0.1) is 0 Å². The number of methoxy groups -OCH3 is 2. The molecular formula is C36H30N4O4. The average Bonchev–Trinajstić information content (AvgIpc) is 3.07. The van der Waals surface area contributed by atoms with Crippen LogP contribution in [0.2, 0.25) is 0 Å². The van der Waals surface area contributed by atoms with Gasteiger partial charge in [0.15, 0.2) is 0 Å². The molecule has 0 aliphatic carbocycles. The largest absolute Gasteiger partial charge is 0.465 e. The van der Waals surface area contributed by atoms with Crippen LogP contribution in [0.3, 0.4) is 0 Å². The van der Waals surface area contributed by atoms with Crippen LogP contribution in [0.5, 0.6) is 0 Å². The van der Waals surface area contributed by atoms with E-state index in [4.69, 9.17) is 9.47 Å². The predicted octanol–water partition coefficient (Wildman–Crippen LogP) is 6.16. The summed E-state index contributed by atoms with van der Waals surface area (Å²) in [5, 5.41) is 4.47. The van der Waals surface area contributed by atoms with E-state index in [0.717, 1.165) is 50.3 Å². The van der Waals surface area contributed by atoms with Crippen LogP contribution >= 0.6 is 0 Å². The monoisotopic (exact) mass is 582 g/mol. The van der Waals surface area contributed by atoms with E-state index >= 15 is 0 Å².